The van der Waals surface area contributed by atoms with E-state index in [2.05, 4.69) is 11.9 Å². The lowest BCUT2D eigenvalue weighted by molar-refractivity contribution is 0.279. The van der Waals surface area contributed by atoms with Crippen LogP contribution in [0.15, 0.2) is 10.9 Å². The van der Waals surface area contributed by atoms with Crippen molar-refractivity contribution in [3.63, 3.8) is 0 Å². The molecule has 1 aliphatic carbocycles. The molecule has 1 aromatic heterocycles. The van der Waals surface area contributed by atoms with Gasteiger partial charge in [0.05, 0.1) is 6.61 Å². The molecule has 0 radical (unpaired) electrons. The van der Waals surface area contributed by atoms with Crippen LogP contribution in [0.1, 0.15) is 30.2 Å². The number of aliphatic hydroxyl groups is 1. The monoisotopic (exact) mass is 193 g/mol. The van der Waals surface area contributed by atoms with E-state index in [0.29, 0.717) is 11.5 Å². The fraction of sp³-hybridized carbons (Fsp3) is 0.545. The van der Waals surface area contributed by atoms with E-state index in [-0.39, 0.29) is 12.2 Å². The van der Waals surface area contributed by atoms with Crippen molar-refractivity contribution >= 4 is 0 Å². The van der Waals surface area contributed by atoms with Gasteiger partial charge in [-0.05, 0) is 36.8 Å². The molecular weight excluding hydrogens is 178 g/mol. The molecule has 1 aromatic rings. The maximum atomic E-state index is 11.4. The Morgan fingerprint density at radius 3 is 3.14 bits per heavy atom. The van der Waals surface area contributed by atoms with E-state index >= 15 is 0 Å². The third-order valence-corrected chi connectivity index (χ3v) is 2.92. The highest BCUT2D eigenvalue weighted by atomic mass is 16.3. The summed E-state index contributed by atoms with van der Waals surface area (Å²) >= 11 is 0. The van der Waals surface area contributed by atoms with Crippen molar-refractivity contribution in [2.24, 2.45) is 5.92 Å². The van der Waals surface area contributed by atoms with E-state index in [1.807, 2.05) is 6.07 Å². The number of H-pyrrole nitrogens is 1. The lowest BCUT2D eigenvalue weighted by Crippen LogP contribution is -2.21. The van der Waals surface area contributed by atoms with Gasteiger partial charge in [-0.15, -0.1) is 0 Å². The standard InChI is InChI=1S/C11H15NO2/c1-7-2-3-10-8(4-7)5-9(6-13)11(14)12-10/h5,7,13H,2-4,6H2,1H3,(H,12,14). The number of aromatic nitrogens is 1. The molecule has 0 saturated carbocycles. The topological polar surface area (TPSA) is 53.1 Å². The number of fused-ring (bicyclic) bond motifs is 1. The second-order valence-electron chi connectivity index (χ2n) is 4.13. The van der Waals surface area contributed by atoms with Crippen LogP contribution in [0, 0.1) is 5.92 Å². The number of hydrogen-bond acceptors (Lipinski definition) is 2. The van der Waals surface area contributed by atoms with Gasteiger partial charge < -0.3 is 10.1 Å². The Balaban J connectivity index is 2.46. The van der Waals surface area contributed by atoms with Gasteiger partial charge in [-0.2, -0.15) is 0 Å². The van der Waals surface area contributed by atoms with Crippen LogP contribution in [-0.2, 0) is 19.4 Å². The molecule has 2 rings (SSSR count). The Hall–Kier alpha value is -1.09. The van der Waals surface area contributed by atoms with Crippen LogP contribution < -0.4 is 5.56 Å². The Morgan fingerprint density at radius 2 is 2.43 bits per heavy atom. The average molecular weight is 193 g/mol. The van der Waals surface area contributed by atoms with Crippen molar-refractivity contribution in [1.29, 1.82) is 0 Å². The van der Waals surface area contributed by atoms with Crippen LogP contribution in [0.2, 0.25) is 0 Å². The molecule has 1 unspecified atom stereocenters. The van der Waals surface area contributed by atoms with Gasteiger partial charge in [0, 0.05) is 11.3 Å². The summed E-state index contributed by atoms with van der Waals surface area (Å²) in [5.41, 5.74) is 2.61. The van der Waals surface area contributed by atoms with E-state index in [9.17, 15) is 4.79 Å². The first kappa shape index (κ1) is 9.46. The smallest absolute Gasteiger partial charge is 0.253 e. The fourth-order valence-corrected chi connectivity index (χ4v) is 2.05. The molecule has 0 aliphatic heterocycles. The van der Waals surface area contributed by atoms with Gasteiger partial charge in [-0.3, -0.25) is 4.79 Å². The first-order valence-corrected chi connectivity index (χ1v) is 5.05. The molecule has 1 atom stereocenters. The second kappa shape index (κ2) is 3.58. The summed E-state index contributed by atoms with van der Waals surface area (Å²) in [6.45, 7) is 2.05. The van der Waals surface area contributed by atoms with E-state index in [4.69, 9.17) is 5.11 Å². The Labute approximate surface area is 82.8 Å². The highest BCUT2D eigenvalue weighted by Crippen LogP contribution is 2.23. The van der Waals surface area contributed by atoms with Gasteiger partial charge in [0.25, 0.3) is 5.56 Å². The molecule has 1 heterocycles. The highest BCUT2D eigenvalue weighted by Gasteiger charge is 2.16. The van der Waals surface area contributed by atoms with Crippen molar-refractivity contribution in [2.75, 3.05) is 0 Å². The average Bonchev–Trinajstić information content (AvgIpc) is 2.17. The first-order valence-electron chi connectivity index (χ1n) is 5.05. The van der Waals surface area contributed by atoms with Gasteiger partial charge in [0.1, 0.15) is 0 Å². The van der Waals surface area contributed by atoms with Crippen LogP contribution >= 0.6 is 0 Å². The summed E-state index contributed by atoms with van der Waals surface area (Å²) in [6.07, 6.45) is 3.11. The molecule has 0 bridgehead atoms. The number of rotatable bonds is 1. The largest absolute Gasteiger partial charge is 0.391 e. The lowest BCUT2D eigenvalue weighted by Gasteiger charge is -2.21. The molecule has 0 spiro atoms. The maximum absolute atomic E-state index is 11.4. The molecule has 2 N–H and O–H groups in total. The van der Waals surface area contributed by atoms with E-state index in [0.717, 1.165) is 25.0 Å². The predicted molar refractivity (Wildman–Crippen MR) is 54.2 cm³/mol. The minimum absolute atomic E-state index is 0.138. The van der Waals surface area contributed by atoms with Crippen molar-refractivity contribution in [3.8, 4) is 0 Å². The third kappa shape index (κ3) is 1.60. The van der Waals surface area contributed by atoms with Gasteiger partial charge in [0.15, 0.2) is 0 Å². The van der Waals surface area contributed by atoms with Gasteiger partial charge in [-0.25, -0.2) is 0 Å². The van der Waals surface area contributed by atoms with E-state index < -0.39 is 0 Å². The molecule has 3 nitrogen and oxygen atoms in total. The normalized spacial score (nSPS) is 20.6. The quantitative estimate of drug-likeness (QED) is 0.699. The third-order valence-electron chi connectivity index (χ3n) is 2.92. The summed E-state index contributed by atoms with van der Waals surface area (Å²) < 4.78 is 0. The SMILES string of the molecule is CC1CCc2[nH]c(=O)c(CO)cc2C1. The number of pyridine rings is 1. The summed E-state index contributed by atoms with van der Waals surface area (Å²) in [7, 11) is 0. The zero-order valence-corrected chi connectivity index (χ0v) is 8.34. The molecule has 14 heavy (non-hydrogen) atoms. The number of hydrogen-bond donors (Lipinski definition) is 2. The van der Waals surface area contributed by atoms with Gasteiger partial charge in [-0.1, -0.05) is 6.92 Å². The van der Waals surface area contributed by atoms with Crippen LogP contribution in [0.5, 0.6) is 0 Å². The molecule has 0 amide bonds. The summed E-state index contributed by atoms with van der Waals surface area (Å²) in [6, 6.07) is 1.85. The Bertz CT molecular complexity index is 395. The van der Waals surface area contributed by atoms with Crippen LogP contribution in [0.25, 0.3) is 0 Å². The second-order valence-corrected chi connectivity index (χ2v) is 4.13. The molecule has 0 aromatic carbocycles. The van der Waals surface area contributed by atoms with Crippen LogP contribution in [-0.4, -0.2) is 10.1 Å². The van der Waals surface area contributed by atoms with E-state index in [1.54, 1.807) is 0 Å². The number of aromatic amines is 1. The van der Waals surface area contributed by atoms with Crippen LogP contribution in [0.3, 0.4) is 0 Å². The van der Waals surface area contributed by atoms with Gasteiger partial charge in [0.2, 0.25) is 0 Å². The summed E-state index contributed by atoms with van der Waals surface area (Å²) in [5.74, 6) is 0.681. The molecule has 0 saturated heterocycles. The van der Waals surface area contributed by atoms with Gasteiger partial charge >= 0.3 is 0 Å². The first-order chi connectivity index (χ1) is 6.70. The number of aryl methyl sites for hydroxylation is 1. The van der Waals surface area contributed by atoms with E-state index in [1.165, 1.54) is 5.56 Å². The number of aliphatic hydroxyl groups excluding tert-OH is 1. The molecule has 3 heteroatoms. The Kier molecular flexibility index (Phi) is 2.42. The molecule has 0 fully saturated rings. The minimum atomic E-state index is -0.170. The summed E-state index contributed by atoms with van der Waals surface area (Å²) in [4.78, 5) is 14.2. The molecule has 1 aliphatic rings. The Morgan fingerprint density at radius 1 is 1.64 bits per heavy atom. The molecular formula is C11H15NO2. The highest BCUT2D eigenvalue weighted by molar-refractivity contribution is 5.27. The van der Waals surface area contributed by atoms with Crippen molar-refractivity contribution in [2.45, 2.75) is 32.8 Å². The number of nitrogens with one attached hydrogen (secondary N) is 1. The minimum Gasteiger partial charge on any atom is -0.391 e. The molecule has 76 valence electrons. The fourth-order valence-electron chi connectivity index (χ4n) is 2.05. The van der Waals surface area contributed by atoms with Crippen molar-refractivity contribution < 1.29 is 5.11 Å². The zero-order chi connectivity index (χ0) is 10.1. The van der Waals surface area contributed by atoms with Crippen LogP contribution in [0.4, 0.5) is 0 Å². The van der Waals surface area contributed by atoms with Crippen molar-refractivity contribution in [3.05, 3.63) is 33.2 Å². The maximum Gasteiger partial charge on any atom is 0.253 e. The lowest BCUT2D eigenvalue weighted by atomic mass is 9.87. The predicted octanol–water partition coefficient (Wildman–Crippen LogP) is 0.992. The van der Waals surface area contributed by atoms with Crippen molar-refractivity contribution in [1.82, 2.24) is 4.98 Å². The summed E-state index contributed by atoms with van der Waals surface area (Å²) in [5, 5.41) is 8.97. The zero-order valence-electron chi connectivity index (χ0n) is 8.34.